The monoisotopic (exact) mass is 687 g/mol. The average molecular weight is 688 g/mol. The minimum Gasteiger partial charge on any atom is -0.460 e. The Labute approximate surface area is 276 Å². The molecule has 1 fully saturated rings. The summed E-state index contributed by atoms with van der Waals surface area (Å²) in [5.74, 6) is -1.16. The quantitative estimate of drug-likeness (QED) is 0.102. The number of nitrogens with one attached hydrogen (secondary N) is 2. The molecule has 1 aliphatic rings. The summed E-state index contributed by atoms with van der Waals surface area (Å²) in [6, 6.07) is 4.24. The smallest absolute Gasteiger partial charge is 0.409 e. The second-order valence-electron chi connectivity index (χ2n) is 11.6. The summed E-state index contributed by atoms with van der Waals surface area (Å²) in [4.78, 5) is 38.7. The zero-order valence-electron chi connectivity index (χ0n) is 27.1. The molecule has 0 unspecified atom stereocenters. The summed E-state index contributed by atoms with van der Waals surface area (Å²) in [6.07, 6.45) is -7.45. The lowest BCUT2D eigenvalue weighted by Crippen LogP contribution is -2.60. The maximum Gasteiger partial charge on any atom is 0.409 e. The molecule has 1 saturated heterocycles. The Morgan fingerprint density at radius 1 is 1.09 bits per heavy atom. The summed E-state index contributed by atoms with van der Waals surface area (Å²) >= 11 is 0. The van der Waals surface area contributed by atoms with Crippen molar-refractivity contribution in [2.75, 3.05) is 50.1 Å². The molecule has 18 heteroatoms. The Kier molecular flexibility index (Phi) is 15.8. The van der Waals surface area contributed by atoms with Crippen molar-refractivity contribution in [2.24, 2.45) is 0 Å². The predicted molar refractivity (Wildman–Crippen MR) is 169 cm³/mol. The van der Waals surface area contributed by atoms with E-state index in [1.807, 2.05) is 20.8 Å². The Hall–Kier alpha value is -3.00. The highest BCUT2D eigenvalue weighted by Gasteiger charge is 2.45. The van der Waals surface area contributed by atoms with Crippen molar-refractivity contribution >= 4 is 41.3 Å². The van der Waals surface area contributed by atoms with Crippen molar-refractivity contribution in [1.82, 2.24) is 10.2 Å². The molecule has 264 valence electrons. The number of hydrogen-bond acceptors (Lipinski definition) is 13. The molecule has 3 amide bonds. The summed E-state index contributed by atoms with van der Waals surface area (Å²) in [5.41, 5.74) is -0.0722. The van der Waals surface area contributed by atoms with E-state index < -0.39 is 64.8 Å². The van der Waals surface area contributed by atoms with Crippen LogP contribution in [-0.4, -0.2) is 141 Å². The van der Waals surface area contributed by atoms with Crippen molar-refractivity contribution in [3.63, 3.8) is 0 Å². The first-order valence-corrected chi connectivity index (χ1v) is 17.2. The standard InChI is InChI=1S/C29H46BN3O13S/c1-5-44-29(2,3)10-8-22(35)31-11-9-23(36)32-19-14-18(16-43-28(40)33(17-30)12-13-47(4,41)42)6-7-20(19)45-27-26(39)25(38)24(37)21(15-34)46-27/h6-7,14,21,24-27,34,37-39H,5,8-13,15-17H2,1-4H3,(H,31,35)(H,32,36)/t21-,24+,25+,26-,27-/m1/s1. The van der Waals surface area contributed by atoms with Gasteiger partial charge in [-0.05, 0) is 51.3 Å². The van der Waals surface area contributed by atoms with Gasteiger partial charge in [0.1, 0.15) is 46.6 Å². The molecule has 0 aromatic heterocycles. The fourth-order valence-corrected chi connectivity index (χ4v) is 4.97. The van der Waals surface area contributed by atoms with Crippen LogP contribution >= 0.6 is 0 Å². The minimum atomic E-state index is -3.36. The fraction of sp³-hybridized carbons (Fsp3) is 0.690. The van der Waals surface area contributed by atoms with Crippen molar-refractivity contribution in [3.8, 4) is 5.75 Å². The van der Waals surface area contributed by atoms with Crippen LogP contribution in [0.4, 0.5) is 10.5 Å². The van der Waals surface area contributed by atoms with E-state index in [1.165, 1.54) is 18.2 Å². The molecular formula is C29H46BN3O13S. The molecule has 1 aliphatic heterocycles. The summed E-state index contributed by atoms with van der Waals surface area (Å²) in [7, 11) is 2.21. The van der Waals surface area contributed by atoms with Crippen LogP contribution in [0.15, 0.2) is 18.2 Å². The van der Waals surface area contributed by atoms with Gasteiger partial charge in [0, 0.05) is 38.8 Å². The number of ether oxygens (including phenoxy) is 4. The van der Waals surface area contributed by atoms with E-state index in [0.717, 1.165) is 11.2 Å². The van der Waals surface area contributed by atoms with Gasteiger partial charge in [-0.3, -0.25) is 9.59 Å². The van der Waals surface area contributed by atoms with Gasteiger partial charge in [0.2, 0.25) is 18.1 Å². The van der Waals surface area contributed by atoms with E-state index in [1.54, 1.807) is 0 Å². The Morgan fingerprint density at radius 3 is 2.40 bits per heavy atom. The van der Waals surface area contributed by atoms with Crippen LogP contribution in [0.5, 0.6) is 5.75 Å². The number of hydrogen-bond donors (Lipinski definition) is 6. The second kappa shape index (κ2) is 18.5. The number of sulfone groups is 1. The highest BCUT2D eigenvalue weighted by atomic mass is 32.2. The predicted octanol–water partition coefficient (Wildman–Crippen LogP) is -0.985. The maximum absolute atomic E-state index is 12.9. The third-order valence-electron chi connectivity index (χ3n) is 7.15. The molecule has 2 rings (SSSR count). The van der Waals surface area contributed by atoms with Crippen LogP contribution in [0, 0.1) is 0 Å². The molecule has 0 spiro atoms. The molecule has 1 aromatic carbocycles. The van der Waals surface area contributed by atoms with Gasteiger partial charge in [-0.25, -0.2) is 13.2 Å². The Balaban J connectivity index is 2.15. The van der Waals surface area contributed by atoms with Crippen LogP contribution in [0.1, 0.15) is 45.6 Å². The third-order valence-corrected chi connectivity index (χ3v) is 8.07. The second-order valence-corrected chi connectivity index (χ2v) is 13.9. The van der Waals surface area contributed by atoms with Gasteiger partial charge < -0.3 is 54.9 Å². The van der Waals surface area contributed by atoms with Crippen molar-refractivity contribution in [2.45, 2.75) is 82.9 Å². The molecular weight excluding hydrogens is 641 g/mol. The molecule has 47 heavy (non-hydrogen) atoms. The van der Waals surface area contributed by atoms with E-state index in [9.17, 15) is 43.2 Å². The van der Waals surface area contributed by atoms with Gasteiger partial charge in [0.05, 0.1) is 31.5 Å². The SMILES string of the molecule is [B]CN(CCS(C)(=O)=O)C(=O)OCc1ccc(O[C@@H]2O[C@H](CO)[C@H](O)[C@H](O)[C@H]2O)c(NC(=O)CCNC(=O)CCC(C)(C)OCC)c1. The number of benzene rings is 1. The van der Waals surface area contributed by atoms with E-state index >= 15 is 0 Å². The maximum atomic E-state index is 12.9. The lowest BCUT2D eigenvalue weighted by Gasteiger charge is -2.39. The van der Waals surface area contributed by atoms with Crippen LogP contribution in [-0.2, 0) is 40.2 Å². The number of carbonyl (C=O) groups is 3. The molecule has 0 aliphatic carbocycles. The van der Waals surface area contributed by atoms with Crippen LogP contribution in [0.2, 0.25) is 0 Å². The number of nitrogens with zero attached hydrogens (tertiary/aromatic N) is 1. The number of amides is 3. The molecule has 5 atom stereocenters. The highest BCUT2D eigenvalue weighted by Crippen LogP contribution is 2.31. The van der Waals surface area contributed by atoms with Crippen molar-refractivity contribution in [1.29, 1.82) is 0 Å². The van der Waals surface area contributed by atoms with Gasteiger partial charge in [-0.1, -0.05) is 6.07 Å². The molecule has 1 heterocycles. The topological polar surface area (TPSA) is 230 Å². The van der Waals surface area contributed by atoms with Crippen LogP contribution in [0.25, 0.3) is 0 Å². The third kappa shape index (κ3) is 13.6. The van der Waals surface area contributed by atoms with E-state index in [4.69, 9.17) is 26.8 Å². The summed E-state index contributed by atoms with van der Waals surface area (Å²) in [6.45, 7) is 4.97. The lowest BCUT2D eigenvalue weighted by atomic mass is 9.99. The van der Waals surface area contributed by atoms with E-state index in [-0.39, 0.29) is 62.1 Å². The zero-order chi connectivity index (χ0) is 35.4. The highest BCUT2D eigenvalue weighted by molar-refractivity contribution is 7.90. The molecule has 16 nitrogen and oxygen atoms in total. The van der Waals surface area contributed by atoms with E-state index in [0.29, 0.717) is 18.6 Å². The van der Waals surface area contributed by atoms with Crippen molar-refractivity contribution in [3.05, 3.63) is 23.8 Å². The molecule has 0 bridgehead atoms. The molecule has 2 radical (unpaired) electrons. The van der Waals surface area contributed by atoms with Gasteiger partial charge in [0.25, 0.3) is 0 Å². The van der Waals surface area contributed by atoms with Gasteiger partial charge in [-0.2, -0.15) is 0 Å². The van der Waals surface area contributed by atoms with E-state index in [2.05, 4.69) is 10.6 Å². The first-order valence-electron chi connectivity index (χ1n) is 15.1. The van der Waals surface area contributed by atoms with Crippen LogP contribution in [0.3, 0.4) is 0 Å². The molecule has 1 aromatic rings. The lowest BCUT2D eigenvalue weighted by molar-refractivity contribution is -0.277. The Morgan fingerprint density at radius 2 is 1.79 bits per heavy atom. The normalized spacial score (nSPS) is 21.5. The van der Waals surface area contributed by atoms with Gasteiger partial charge >= 0.3 is 6.09 Å². The number of aliphatic hydroxyl groups excluding tert-OH is 4. The zero-order valence-corrected chi connectivity index (χ0v) is 27.9. The largest absolute Gasteiger partial charge is 0.460 e. The number of carbonyl (C=O) groups excluding carboxylic acids is 3. The summed E-state index contributed by atoms with van der Waals surface area (Å²) < 4.78 is 45.0. The van der Waals surface area contributed by atoms with Gasteiger partial charge in [0.15, 0.2) is 0 Å². The number of aliphatic hydroxyl groups is 4. The van der Waals surface area contributed by atoms with Crippen molar-refractivity contribution < 1.29 is 62.2 Å². The fourth-order valence-electron chi connectivity index (χ4n) is 4.42. The minimum absolute atomic E-state index is 0.0162. The summed E-state index contributed by atoms with van der Waals surface area (Å²) in [5, 5.41) is 45.5. The average Bonchev–Trinajstić information content (AvgIpc) is 3.00. The Bertz CT molecular complexity index is 1300. The van der Waals surface area contributed by atoms with Gasteiger partial charge in [-0.15, -0.1) is 0 Å². The number of rotatable bonds is 18. The first-order chi connectivity index (χ1) is 22.0. The van der Waals surface area contributed by atoms with Crippen LogP contribution < -0.4 is 15.4 Å². The molecule has 6 N–H and O–H groups in total. The number of anilines is 1. The first kappa shape index (κ1) is 40.2. The molecule has 0 saturated carbocycles.